The molecule has 2 aromatic rings. The van der Waals surface area contributed by atoms with Gasteiger partial charge in [0.15, 0.2) is 0 Å². The van der Waals surface area contributed by atoms with E-state index in [9.17, 15) is 0 Å². The first-order valence-electron chi connectivity index (χ1n) is 10.2. The Labute approximate surface area is 165 Å². The van der Waals surface area contributed by atoms with Crippen LogP contribution in [0.15, 0.2) is 59.8 Å². The average molecular weight is 367 g/mol. The average Bonchev–Trinajstić information content (AvgIpc) is 2.71. The van der Waals surface area contributed by atoms with Crippen molar-refractivity contribution in [1.29, 1.82) is 0 Å². The number of unbranched alkanes of at least 4 members (excludes halogenated alkanes) is 1. The summed E-state index contributed by atoms with van der Waals surface area (Å²) in [4.78, 5) is 8.02. The summed E-state index contributed by atoms with van der Waals surface area (Å²) in [5, 5.41) is 4.50. The fraction of sp³-hybridized carbons (Fsp3) is 0.458. The van der Waals surface area contributed by atoms with E-state index in [2.05, 4.69) is 85.4 Å². The molecule has 0 radical (unpaired) electrons. The lowest BCUT2D eigenvalue weighted by atomic mass is 10.0. The maximum atomic E-state index is 5.68. The lowest BCUT2D eigenvalue weighted by Gasteiger charge is -2.16. The van der Waals surface area contributed by atoms with E-state index < -0.39 is 0 Å². The Morgan fingerprint density at radius 3 is 2.30 bits per heavy atom. The van der Waals surface area contributed by atoms with Gasteiger partial charge in [-0.2, -0.15) is 0 Å². The Balaban J connectivity index is 1.88. The first-order valence-corrected chi connectivity index (χ1v) is 10.2. The van der Waals surface area contributed by atoms with E-state index in [-0.39, 0.29) is 0 Å². The maximum Gasteiger partial charge on any atom is 0.129 e. The molecule has 0 aliphatic heterocycles. The smallest absolute Gasteiger partial charge is 0.129 e. The highest BCUT2D eigenvalue weighted by Gasteiger charge is 2.06. The Kier molecular flexibility index (Phi) is 9.64. The van der Waals surface area contributed by atoms with Crippen molar-refractivity contribution in [2.75, 3.05) is 26.2 Å². The molecule has 0 saturated carbocycles. The van der Waals surface area contributed by atoms with Gasteiger partial charge in [-0.05, 0) is 56.8 Å². The summed E-state index contributed by atoms with van der Waals surface area (Å²) < 4.78 is 0. The van der Waals surface area contributed by atoms with Gasteiger partial charge in [-0.3, -0.25) is 0 Å². The zero-order chi connectivity index (χ0) is 19.3. The molecule has 146 valence electrons. The number of likely N-dealkylation sites (N-methyl/N-ethyl adjacent to an activating group) is 1. The minimum Gasteiger partial charge on any atom is -0.394 e. The SMILES string of the molecule is CCN(CC)CCON=C(CCCCc1ccccc1)c1ccc(C)cc1. The summed E-state index contributed by atoms with van der Waals surface area (Å²) in [6.07, 6.45) is 4.33. The summed E-state index contributed by atoms with van der Waals surface area (Å²) in [5.41, 5.74) is 4.90. The molecule has 0 aromatic heterocycles. The molecule has 2 rings (SSSR count). The summed E-state index contributed by atoms with van der Waals surface area (Å²) in [5.74, 6) is 0. The van der Waals surface area contributed by atoms with Crippen LogP contribution >= 0.6 is 0 Å². The van der Waals surface area contributed by atoms with E-state index in [1.807, 2.05) is 0 Å². The molecule has 0 heterocycles. The highest BCUT2D eigenvalue weighted by Crippen LogP contribution is 2.13. The van der Waals surface area contributed by atoms with Crippen molar-refractivity contribution in [3.05, 3.63) is 71.3 Å². The third-order valence-electron chi connectivity index (χ3n) is 4.92. The minimum absolute atomic E-state index is 0.640. The number of aryl methyl sites for hydroxylation is 2. The Hall–Kier alpha value is -2.13. The molecule has 3 nitrogen and oxygen atoms in total. The van der Waals surface area contributed by atoms with Crippen molar-refractivity contribution >= 4 is 5.71 Å². The Bertz CT molecular complexity index is 661. The lowest BCUT2D eigenvalue weighted by molar-refractivity contribution is 0.114. The van der Waals surface area contributed by atoms with Crippen LogP contribution < -0.4 is 0 Å². The molecule has 2 aromatic carbocycles. The van der Waals surface area contributed by atoms with Gasteiger partial charge in [0.2, 0.25) is 0 Å². The van der Waals surface area contributed by atoms with Crippen LogP contribution in [0, 0.1) is 6.92 Å². The van der Waals surface area contributed by atoms with Crippen LogP contribution in [0.4, 0.5) is 0 Å². The van der Waals surface area contributed by atoms with Crippen LogP contribution in [-0.4, -0.2) is 36.9 Å². The molecule has 0 saturated heterocycles. The fourth-order valence-corrected chi connectivity index (χ4v) is 3.09. The lowest BCUT2D eigenvalue weighted by Crippen LogP contribution is -2.26. The molecule has 3 heteroatoms. The molecule has 0 bridgehead atoms. The summed E-state index contributed by atoms with van der Waals surface area (Å²) in [6, 6.07) is 19.3. The predicted octanol–water partition coefficient (Wildman–Crippen LogP) is 5.47. The summed E-state index contributed by atoms with van der Waals surface area (Å²) in [7, 11) is 0. The topological polar surface area (TPSA) is 24.8 Å². The van der Waals surface area contributed by atoms with Gasteiger partial charge in [0.25, 0.3) is 0 Å². The van der Waals surface area contributed by atoms with Crippen LogP contribution in [0.2, 0.25) is 0 Å². The van der Waals surface area contributed by atoms with Crippen LogP contribution in [0.5, 0.6) is 0 Å². The monoisotopic (exact) mass is 366 g/mol. The van der Waals surface area contributed by atoms with E-state index in [0.29, 0.717) is 6.61 Å². The standard InChI is InChI=1S/C24H34N2O/c1-4-26(5-2)19-20-27-25-24(23-17-15-21(3)16-18-23)14-10-9-13-22-11-7-6-8-12-22/h6-8,11-12,15-18H,4-5,9-10,13-14,19-20H2,1-3H3. The minimum atomic E-state index is 0.640. The molecule has 27 heavy (non-hydrogen) atoms. The second-order valence-electron chi connectivity index (χ2n) is 6.96. The van der Waals surface area contributed by atoms with Crippen molar-refractivity contribution in [3.8, 4) is 0 Å². The zero-order valence-electron chi connectivity index (χ0n) is 17.2. The van der Waals surface area contributed by atoms with Gasteiger partial charge in [-0.15, -0.1) is 0 Å². The predicted molar refractivity (Wildman–Crippen MR) is 115 cm³/mol. The summed E-state index contributed by atoms with van der Waals surface area (Å²) in [6.45, 7) is 10.1. The zero-order valence-corrected chi connectivity index (χ0v) is 17.2. The second-order valence-corrected chi connectivity index (χ2v) is 6.96. The first kappa shape index (κ1) is 21.2. The molecule has 0 amide bonds. The van der Waals surface area contributed by atoms with Gasteiger partial charge in [-0.1, -0.05) is 79.2 Å². The molecular weight excluding hydrogens is 332 g/mol. The van der Waals surface area contributed by atoms with Gasteiger partial charge in [0, 0.05) is 6.54 Å². The number of nitrogens with zero attached hydrogens (tertiary/aromatic N) is 2. The molecule has 0 N–H and O–H groups in total. The summed E-state index contributed by atoms with van der Waals surface area (Å²) >= 11 is 0. The van der Waals surface area contributed by atoms with Gasteiger partial charge < -0.3 is 9.74 Å². The van der Waals surface area contributed by atoms with Crippen molar-refractivity contribution in [1.82, 2.24) is 4.90 Å². The first-order chi connectivity index (χ1) is 13.2. The maximum absolute atomic E-state index is 5.68. The van der Waals surface area contributed by atoms with Crippen molar-refractivity contribution in [2.45, 2.75) is 46.5 Å². The van der Waals surface area contributed by atoms with E-state index in [4.69, 9.17) is 4.84 Å². The van der Waals surface area contributed by atoms with E-state index in [1.165, 1.54) is 16.7 Å². The highest BCUT2D eigenvalue weighted by molar-refractivity contribution is 6.00. The molecule has 0 fully saturated rings. The fourth-order valence-electron chi connectivity index (χ4n) is 3.09. The van der Waals surface area contributed by atoms with E-state index >= 15 is 0 Å². The quantitative estimate of drug-likeness (QED) is 0.283. The van der Waals surface area contributed by atoms with Crippen LogP contribution in [0.1, 0.15) is 49.8 Å². The highest BCUT2D eigenvalue weighted by atomic mass is 16.6. The molecule has 0 unspecified atom stereocenters. The van der Waals surface area contributed by atoms with Gasteiger partial charge in [-0.25, -0.2) is 0 Å². The van der Waals surface area contributed by atoms with Crippen LogP contribution in [0.3, 0.4) is 0 Å². The largest absolute Gasteiger partial charge is 0.394 e. The Morgan fingerprint density at radius 2 is 1.63 bits per heavy atom. The normalized spacial score (nSPS) is 11.8. The van der Waals surface area contributed by atoms with Crippen LogP contribution in [0.25, 0.3) is 0 Å². The number of hydrogen-bond acceptors (Lipinski definition) is 3. The number of hydrogen-bond donors (Lipinski definition) is 0. The van der Waals surface area contributed by atoms with Gasteiger partial charge in [0.1, 0.15) is 6.61 Å². The molecule has 0 aliphatic rings. The molecule has 0 spiro atoms. The number of rotatable bonds is 12. The number of benzene rings is 2. The van der Waals surface area contributed by atoms with E-state index in [0.717, 1.165) is 51.0 Å². The molecule has 0 aliphatic carbocycles. The molecule has 0 atom stereocenters. The van der Waals surface area contributed by atoms with E-state index in [1.54, 1.807) is 0 Å². The van der Waals surface area contributed by atoms with Crippen molar-refractivity contribution in [2.24, 2.45) is 5.16 Å². The third kappa shape index (κ3) is 7.96. The molecular formula is C24H34N2O. The van der Waals surface area contributed by atoms with Crippen molar-refractivity contribution in [3.63, 3.8) is 0 Å². The van der Waals surface area contributed by atoms with Gasteiger partial charge in [0.05, 0.1) is 5.71 Å². The number of oxime groups is 1. The van der Waals surface area contributed by atoms with Crippen LogP contribution in [-0.2, 0) is 11.3 Å². The van der Waals surface area contributed by atoms with Crippen molar-refractivity contribution < 1.29 is 4.84 Å². The Morgan fingerprint density at radius 1 is 0.926 bits per heavy atom. The second kappa shape index (κ2) is 12.3. The van der Waals surface area contributed by atoms with Gasteiger partial charge >= 0.3 is 0 Å². The third-order valence-corrected chi connectivity index (χ3v) is 4.92.